The van der Waals surface area contributed by atoms with Crippen LogP contribution in [0, 0.1) is 0 Å². The number of nitrogen functional groups attached to an aromatic ring is 1. The van der Waals surface area contributed by atoms with Gasteiger partial charge in [-0.25, -0.2) is 4.79 Å². The maximum Gasteiger partial charge on any atom is 0.328 e. The molecule has 1 atom stereocenters. The van der Waals surface area contributed by atoms with Gasteiger partial charge in [0.2, 0.25) is 0 Å². The van der Waals surface area contributed by atoms with Crippen LogP contribution in [0.1, 0.15) is 12.8 Å². The lowest BCUT2D eigenvalue weighted by Crippen LogP contribution is -2.43. The number of benzene rings is 1. The fourth-order valence-corrected chi connectivity index (χ4v) is 2.24. The van der Waals surface area contributed by atoms with Crippen LogP contribution in [0.25, 0.3) is 0 Å². The molecule has 1 aromatic carbocycles. The molecule has 1 unspecified atom stereocenters. The van der Waals surface area contributed by atoms with Crippen LogP contribution in [0.15, 0.2) is 24.3 Å². The Hall–Kier alpha value is -2.24. The molecule has 6 heteroatoms. The number of hydrogen-bond acceptors (Lipinski definition) is 5. The van der Waals surface area contributed by atoms with Crippen molar-refractivity contribution in [2.75, 3.05) is 26.0 Å². The Morgan fingerprint density at radius 1 is 1.35 bits per heavy atom. The second-order valence-corrected chi connectivity index (χ2v) is 4.63. The monoisotopic (exact) mass is 278 g/mol. The van der Waals surface area contributed by atoms with Crippen molar-refractivity contribution in [3.63, 3.8) is 0 Å². The lowest BCUT2D eigenvalue weighted by atomic mass is 10.2. The molecule has 0 radical (unpaired) electrons. The summed E-state index contributed by atoms with van der Waals surface area (Å²) in [5, 5.41) is 0. The molecule has 1 aliphatic heterocycles. The third-order valence-electron chi connectivity index (χ3n) is 3.29. The Bertz CT molecular complexity index is 486. The highest BCUT2D eigenvalue weighted by atomic mass is 16.5. The van der Waals surface area contributed by atoms with Crippen LogP contribution < -0.4 is 10.5 Å². The summed E-state index contributed by atoms with van der Waals surface area (Å²) < 4.78 is 10.1. The molecule has 0 aromatic heterocycles. The topological polar surface area (TPSA) is 81.9 Å². The molecule has 1 amide bonds. The molecule has 1 aliphatic rings. The number of likely N-dealkylation sites (tertiary alicyclic amines) is 1. The number of anilines is 1. The molecule has 108 valence electrons. The third-order valence-corrected chi connectivity index (χ3v) is 3.29. The third kappa shape index (κ3) is 3.20. The van der Waals surface area contributed by atoms with Gasteiger partial charge in [-0.05, 0) is 37.1 Å². The molecule has 1 saturated heterocycles. The Morgan fingerprint density at radius 3 is 2.70 bits per heavy atom. The summed E-state index contributed by atoms with van der Waals surface area (Å²) in [4.78, 5) is 25.2. The quantitative estimate of drug-likeness (QED) is 0.651. The van der Waals surface area contributed by atoms with E-state index in [9.17, 15) is 9.59 Å². The molecule has 1 fully saturated rings. The van der Waals surface area contributed by atoms with Crippen molar-refractivity contribution >= 4 is 17.6 Å². The van der Waals surface area contributed by atoms with Crippen molar-refractivity contribution in [1.29, 1.82) is 0 Å². The van der Waals surface area contributed by atoms with Gasteiger partial charge in [-0.3, -0.25) is 4.79 Å². The Balaban J connectivity index is 1.91. The number of nitrogens with zero attached hydrogens (tertiary/aromatic N) is 1. The molecule has 2 rings (SSSR count). The fraction of sp³-hybridized carbons (Fsp3) is 0.429. The molecular weight excluding hydrogens is 260 g/mol. The van der Waals surface area contributed by atoms with Crippen LogP contribution in [0.2, 0.25) is 0 Å². The van der Waals surface area contributed by atoms with Crippen LogP contribution >= 0.6 is 0 Å². The van der Waals surface area contributed by atoms with Crippen molar-refractivity contribution in [3.05, 3.63) is 24.3 Å². The zero-order valence-corrected chi connectivity index (χ0v) is 11.4. The largest absolute Gasteiger partial charge is 0.484 e. The standard InChI is InChI=1S/C14H18N2O4/c1-19-14(18)12-3-2-8-16(12)13(17)9-20-11-6-4-10(15)5-7-11/h4-7,12H,2-3,8-9,15H2,1H3. The van der Waals surface area contributed by atoms with Crippen LogP contribution in [-0.2, 0) is 14.3 Å². The van der Waals surface area contributed by atoms with E-state index in [2.05, 4.69) is 0 Å². The van der Waals surface area contributed by atoms with E-state index in [-0.39, 0.29) is 18.5 Å². The first kappa shape index (κ1) is 14.2. The molecule has 20 heavy (non-hydrogen) atoms. The summed E-state index contributed by atoms with van der Waals surface area (Å²) in [6, 6.07) is 6.32. The number of carbonyl (C=O) groups excluding carboxylic acids is 2. The summed E-state index contributed by atoms with van der Waals surface area (Å²) in [5.74, 6) is -0.0144. The van der Waals surface area contributed by atoms with E-state index in [1.165, 1.54) is 12.0 Å². The van der Waals surface area contributed by atoms with Gasteiger partial charge in [0.25, 0.3) is 5.91 Å². The Kier molecular flexibility index (Phi) is 4.45. The van der Waals surface area contributed by atoms with Gasteiger partial charge in [0.05, 0.1) is 7.11 Å². The number of amides is 1. The van der Waals surface area contributed by atoms with Crippen molar-refractivity contribution in [3.8, 4) is 5.75 Å². The van der Waals surface area contributed by atoms with Crippen LogP contribution in [0.5, 0.6) is 5.75 Å². The molecule has 0 spiro atoms. The van der Waals surface area contributed by atoms with E-state index in [1.54, 1.807) is 24.3 Å². The minimum Gasteiger partial charge on any atom is -0.484 e. The number of nitrogens with two attached hydrogens (primary N) is 1. The first-order valence-corrected chi connectivity index (χ1v) is 6.47. The van der Waals surface area contributed by atoms with Crippen molar-refractivity contribution < 1.29 is 19.1 Å². The summed E-state index contributed by atoms with van der Waals surface area (Å²) >= 11 is 0. The average molecular weight is 278 g/mol. The van der Waals surface area contributed by atoms with Crippen LogP contribution in [0.4, 0.5) is 5.69 Å². The highest BCUT2D eigenvalue weighted by Gasteiger charge is 2.34. The molecule has 0 bridgehead atoms. The molecule has 6 nitrogen and oxygen atoms in total. The molecule has 2 N–H and O–H groups in total. The van der Waals surface area contributed by atoms with Crippen molar-refractivity contribution in [2.45, 2.75) is 18.9 Å². The highest BCUT2D eigenvalue weighted by Crippen LogP contribution is 2.19. The van der Waals surface area contributed by atoms with Gasteiger partial charge < -0.3 is 20.1 Å². The smallest absolute Gasteiger partial charge is 0.328 e. The number of rotatable bonds is 4. The summed E-state index contributed by atoms with van der Waals surface area (Å²) in [7, 11) is 1.33. The Morgan fingerprint density at radius 2 is 2.05 bits per heavy atom. The lowest BCUT2D eigenvalue weighted by molar-refractivity contribution is -0.151. The van der Waals surface area contributed by atoms with E-state index in [4.69, 9.17) is 15.2 Å². The van der Waals surface area contributed by atoms with E-state index in [0.717, 1.165) is 6.42 Å². The minimum atomic E-state index is -0.484. The highest BCUT2D eigenvalue weighted by molar-refractivity contribution is 5.85. The number of methoxy groups -OCH3 is 1. The average Bonchev–Trinajstić information content (AvgIpc) is 2.95. The van der Waals surface area contributed by atoms with E-state index < -0.39 is 6.04 Å². The fourth-order valence-electron chi connectivity index (χ4n) is 2.24. The molecule has 1 aromatic rings. The number of esters is 1. The minimum absolute atomic E-state index is 0.0998. The van der Waals surface area contributed by atoms with Gasteiger partial charge in [-0.2, -0.15) is 0 Å². The molecular formula is C14H18N2O4. The number of carbonyl (C=O) groups is 2. The lowest BCUT2D eigenvalue weighted by Gasteiger charge is -2.22. The van der Waals surface area contributed by atoms with Gasteiger partial charge in [-0.1, -0.05) is 0 Å². The zero-order valence-electron chi connectivity index (χ0n) is 11.4. The molecule has 0 aliphatic carbocycles. The van der Waals surface area contributed by atoms with Gasteiger partial charge >= 0.3 is 5.97 Å². The van der Waals surface area contributed by atoms with Crippen LogP contribution in [-0.4, -0.2) is 43.1 Å². The van der Waals surface area contributed by atoms with Crippen molar-refractivity contribution in [2.24, 2.45) is 0 Å². The first-order valence-electron chi connectivity index (χ1n) is 6.47. The molecule has 1 heterocycles. The summed E-state index contributed by atoms with van der Waals surface area (Å²) in [6.45, 7) is 0.459. The van der Waals surface area contributed by atoms with Gasteiger partial charge in [-0.15, -0.1) is 0 Å². The maximum atomic E-state index is 12.1. The maximum absolute atomic E-state index is 12.1. The van der Waals surface area contributed by atoms with Crippen molar-refractivity contribution in [1.82, 2.24) is 4.90 Å². The second-order valence-electron chi connectivity index (χ2n) is 4.63. The predicted molar refractivity (Wildman–Crippen MR) is 73.1 cm³/mol. The zero-order chi connectivity index (χ0) is 14.5. The molecule has 0 saturated carbocycles. The van der Waals surface area contributed by atoms with Gasteiger partial charge in [0, 0.05) is 12.2 Å². The van der Waals surface area contributed by atoms with E-state index >= 15 is 0 Å². The first-order chi connectivity index (χ1) is 9.61. The van der Waals surface area contributed by atoms with E-state index in [0.29, 0.717) is 24.4 Å². The Labute approximate surface area is 117 Å². The second kappa shape index (κ2) is 6.27. The SMILES string of the molecule is COC(=O)C1CCCN1C(=O)COc1ccc(N)cc1. The number of ether oxygens (including phenoxy) is 2. The van der Waals surface area contributed by atoms with Crippen LogP contribution in [0.3, 0.4) is 0 Å². The number of hydrogen-bond donors (Lipinski definition) is 1. The van der Waals surface area contributed by atoms with Gasteiger partial charge in [0.15, 0.2) is 6.61 Å². The summed E-state index contributed by atoms with van der Waals surface area (Å²) in [5.41, 5.74) is 6.20. The predicted octanol–water partition coefficient (Wildman–Crippen LogP) is 0.812. The summed E-state index contributed by atoms with van der Waals surface area (Å²) in [6.07, 6.45) is 1.44. The normalized spacial score (nSPS) is 17.9. The van der Waals surface area contributed by atoms with E-state index in [1.807, 2.05) is 0 Å². The van der Waals surface area contributed by atoms with Gasteiger partial charge in [0.1, 0.15) is 11.8 Å².